The number of hydrogen-bond acceptors (Lipinski definition) is 6. The Balaban J connectivity index is 1.37. The number of methoxy groups -OCH3 is 1. The van der Waals surface area contributed by atoms with Crippen molar-refractivity contribution in [3.05, 3.63) is 24.3 Å². The second kappa shape index (κ2) is 11.8. The molecule has 10 heteroatoms. The van der Waals surface area contributed by atoms with Crippen LogP contribution in [0.4, 0.5) is 0 Å². The largest absolute Gasteiger partial charge is 0.497 e. The van der Waals surface area contributed by atoms with Gasteiger partial charge in [0, 0.05) is 25.6 Å². The Kier molecular flexibility index (Phi) is 9.10. The molecular weight excluding hydrogens is 446 g/mol. The van der Waals surface area contributed by atoms with Gasteiger partial charge in [0.1, 0.15) is 11.8 Å². The Hall–Kier alpha value is -2.17. The van der Waals surface area contributed by atoms with Gasteiger partial charge >= 0.3 is 0 Å². The molecule has 1 heterocycles. The quantitative estimate of drug-likeness (QED) is 0.466. The highest BCUT2D eigenvalue weighted by Crippen LogP contribution is 2.29. The molecule has 1 aromatic rings. The summed E-state index contributed by atoms with van der Waals surface area (Å²) >= 11 is 0. The molecule has 2 amide bonds. The van der Waals surface area contributed by atoms with E-state index in [0.717, 1.165) is 32.3 Å². The molecule has 3 N–H and O–H groups in total. The predicted octanol–water partition coefficient (Wildman–Crippen LogP) is 1.58. The van der Waals surface area contributed by atoms with Crippen LogP contribution >= 0.6 is 0 Å². The fraction of sp³-hybridized carbons (Fsp3) is 0.652. The Labute approximate surface area is 196 Å². The van der Waals surface area contributed by atoms with E-state index >= 15 is 0 Å². The zero-order valence-corrected chi connectivity index (χ0v) is 20.2. The second-order valence-corrected chi connectivity index (χ2v) is 10.6. The molecule has 2 unspecified atom stereocenters. The number of hydrogen-bond donors (Lipinski definition) is 3. The zero-order valence-electron chi connectivity index (χ0n) is 19.3. The van der Waals surface area contributed by atoms with Crippen molar-refractivity contribution in [1.29, 1.82) is 0 Å². The minimum Gasteiger partial charge on any atom is -0.497 e. The van der Waals surface area contributed by atoms with Gasteiger partial charge in [0.05, 0.1) is 18.1 Å². The second-order valence-electron chi connectivity index (χ2n) is 8.86. The predicted molar refractivity (Wildman–Crippen MR) is 123 cm³/mol. The molecule has 0 aromatic heterocycles. The molecule has 3 rings (SSSR count). The van der Waals surface area contributed by atoms with Crippen LogP contribution in [0.1, 0.15) is 45.4 Å². The number of carbonyl (C=O) groups is 2. The molecule has 0 spiro atoms. The number of amides is 2. The van der Waals surface area contributed by atoms with E-state index in [4.69, 9.17) is 9.47 Å². The molecule has 1 aromatic carbocycles. The van der Waals surface area contributed by atoms with Crippen LogP contribution in [0.15, 0.2) is 29.2 Å². The number of carbonyl (C=O) groups excluding carboxylic acids is 2. The topological polar surface area (TPSA) is 123 Å². The summed E-state index contributed by atoms with van der Waals surface area (Å²) in [6.45, 7) is 3.22. The van der Waals surface area contributed by atoms with E-state index in [2.05, 4.69) is 15.4 Å². The first-order chi connectivity index (χ1) is 15.8. The molecule has 1 aliphatic heterocycles. The fourth-order valence-electron chi connectivity index (χ4n) is 4.26. The highest BCUT2D eigenvalue weighted by atomic mass is 32.2. The van der Waals surface area contributed by atoms with Crippen LogP contribution in [-0.4, -0.2) is 59.2 Å². The summed E-state index contributed by atoms with van der Waals surface area (Å²) in [5.41, 5.74) is 0. The van der Waals surface area contributed by atoms with Crippen molar-refractivity contribution in [3.63, 3.8) is 0 Å². The minimum atomic E-state index is -3.59. The lowest BCUT2D eigenvalue weighted by molar-refractivity contribution is -0.131. The van der Waals surface area contributed by atoms with Crippen molar-refractivity contribution >= 4 is 21.8 Å². The van der Waals surface area contributed by atoms with Gasteiger partial charge in [-0.25, -0.2) is 13.1 Å². The number of sulfonamides is 1. The smallest absolute Gasteiger partial charge is 0.242 e. The van der Waals surface area contributed by atoms with Crippen LogP contribution in [0.5, 0.6) is 5.75 Å². The van der Waals surface area contributed by atoms with Crippen LogP contribution in [-0.2, 0) is 24.3 Å². The normalized spacial score (nSPS) is 24.1. The lowest BCUT2D eigenvalue weighted by Gasteiger charge is -2.28. The molecule has 33 heavy (non-hydrogen) atoms. The molecule has 1 aliphatic carbocycles. The number of nitrogens with one attached hydrogen (secondary N) is 3. The van der Waals surface area contributed by atoms with Crippen molar-refractivity contribution in [2.45, 2.75) is 62.5 Å². The van der Waals surface area contributed by atoms with Gasteiger partial charge in [-0.3, -0.25) is 9.59 Å². The van der Waals surface area contributed by atoms with Gasteiger partial charge in [-0.1, -0.05) is 0 Å². The summed E-state index contributed by atoms with van der Waals surface area (Å²) in [5, 5.41) is 5.65. The van der Waals surface area contributed by atoms with Crippen LogP contribution in [0, 0.1) is 11.8 Å². The van der Waals surface area contributed by atoms with Gasteiger partial charge < -0.3 is 20.1 Å². The first-order valence-electron chi connectivity index (χ1n) is 11.6. The first-order valence-corrected chi connectivity index (χ1v) is 13.1. The average molecular weight is 482 g/mol. The van der Waals surface area contributed by atoms with Crippen molar-refractivity contribution in [1.82, 2.24) is 15.4 Å². The Bertz CT molecular complexity index is 891. The zero-order chi connectivity index (χ0) is 23.8. The summed E-state index contributed by atoms with van der Waals surface area (Å²) in [5.74, 6) is 0.287. The molecule has 2 atom stereocenters. The van der Waals surface area contributed by atoms with Crippen molar-refractivity contribution in [2.75, 3.05) is 26.8 Å². The maximum absolute atomic E-state index is 12.6. The van der Waals surface area contributed by atoms with Crippen LogP contribution in [0.3, 0.4) is 0 Å². The Morgan fingerprint density at radius 3 is 2.39 bits per heavy atom. The molecule has 0 radical (unpaired) electrons. The lowest BCUT2D eigenvalue weighted by atomic mass is 9.81. The number of benzene rings is 1. The van der Waals surface area contributed by atoms with Gasteiger partial charge in [-0.2, -0.15) is 0 Å². The van der Waals surface area contributed by atoms with Crippen LogP contribution < -0.4 is 20.1 Å². The van der Waals surface area contributed by atoms with Gasteiger partial charge in [-0.15, -0.1) is 0 Å². The van der Waals surface area contributed by atoms with E-state index in [-0.39, 0.29) is 34.6 Å². The van der Waals surface area contributed by atoms with E-state index in [0.29, 0.717) is 31.7 Å². The molecule has 0 bridgehead atoms. The van der Waals surface area contributed by atoms with E-state index in [1.807, 2.05) is 0 Å². The first kappa shape index (κ1) is 25.5. The third-order valence-electron chi connectivity index (χ3n) is 6.43. The molecule has 9 nitrogen and oxygen atoms in total. The van der Waals surface area contributed by atoms with E-state index in [1.54, 1.807) is 19.1 Å². The van der Waals surface area contributed by atoms with E-state index < -0.39 is 16.1 Å². The fourth-order valence-corrected chi connectivity index (χ4v) is 5.38. The van der Waals surface area contributed by atoms with Crippen molar-refractivity contribution in [2.24, 2.45) is 11.8 Å². The standard InChI is InChI=1S/C23H35N3O6S/c1-16(22(27)24-15-20-4-3-13-32-20)26-23(28)18-7-5-17(6-8-18)14-25-33(29,30)21-11-9-19(31-2)10-12-21/h9-12,16-18,20,25H,3-8,13-15H2,1-2H3,(H,24,27)(H,26,28). The minimum absolute atomic E-state index is 0.0641. The Morgan fingerprint density at radius 1 is 1.09 bits per heavy atom. The Morgan fingerprint density at radius 2 is 1.79 bits per heavy atom. The van der Waals surface area contributed by atoms with Crippen LogP contribution in [0.2, 0.25) is 0 Å². The highest BCUT2D eigenvalue weighted by molar-refractivity contribution is 7.89. The summed E-state index contributed by atoms with van der Waals surface area (Å²) in [6, 6.07) is 5.65. The molecule has 1 saturated carbocycles. The summed E-state index contributed by atoms with van der Waals surface area (Å²) in [7, 11) is -2.06. The van der Waals surface area contributed by atoms with E-state index in [1.165, 1.54) is 19.2 Å². The average Bonchev–Trinajstić information content (AvgIpc) is 3.35. The lowest BCUT2D eigenvalue weighted by Crippen LogP contribution is -2.48. The molecule has 2 fully saturated rings. The highest BCUT2D eigenvalue weighted by Gasteiger charge is 2.29. The van der Waals surface area contributed by atoms with E-state index in [9.17, 15) is 18.0 Å². The molecular formula is C23H35N3O6S. The van der Waals surface area contributed by atoms with Gasteiger partial charge in [-0.05, 0) is 75.6 Å². The summed E-state index contributed by atoms with van der Waals surface area (Å²) < 4.78 is 38.2. The third kappa shape index (κ3) is 7.41. The SMILES string of the molecule is COc1ccc(S(=O)(=O)NCC2CCC(C(=O)NC(C)C(=O)NCC3CCCO3)CC2)cc1. The van der Waals surface area contributed by atoms with Gasteiger partial charge in [0.15, 0.2) is 0 Å². The summed E-state index contributed by atoms with van der Waals surface area (Å²) in [6.07, 6.45) is 4.87. The number of ether oxygens (including phenoxy) is 2. The third-order valence-corrected chi connectivity index (χ3v) is 7.87. The number of rotatable bonds is 10. The van der Waals surface area contributed by atoms with Gasteiger partial charge in [0.2, 0.25) is 21.8 Å². The van der Waals surface area contributed by atoms with Crippen molar-refractivity contribution < 1.29 is 27.5 Å². The molecule has 1 saturated heterocycles. The van der Waals surface area contributed by atoms with Gasteiger partial charge in [0.25, 0.3) is 0 Å². The maximum Gasteiger partial charge on any atom is 0.242 e. The maximum atomic E-state index is 12.6. The molecule has 2 aliphatic rings. The summed E-state index contributed by atoms with van der Waals surface area (Å²) in [4.78, 5) is 25.0. The molecule has 184 valence electrons. The monoisotopic (exact) mass is 481 g/mol. The van der Waals surface area contributed by atoms with Crippen LogP contribution in [0.25, 0.3) is 0 Å². The van der Waals surface area contributed by atoms with Crippen molar-refractivity contribution in [3.8, 4) is 5.75 Å².